The molecule has 2 saturated carbocycles. The van der Waals surface area contributed by atoms with Gasteiger partial charge in [-0.25, -0.2) is 0 Å². The number of hydrogen-bond acceptors (Lipinski definition) is 0. The van der Waals surface area contributed by atoms with Gasteiger partial charge in [0.05, 0.1) is 0 Å². The molecule has 0 N–H and O–H groups in total. The van der Waals surface area contributed by atoms with Crippen molar-refractivity contribution in [2.45, 2.75) is 114 Å². The summed E-state index contributed by atoms with van der Waals surface area (Å²) in [6.07, 6.45) is 9.94. The molecule has 0 aromatic heterocycles. The first-order valence-corrected chi connectivity index (χ1v) is 11.6. The van der Waals surface area contributed by atoms with Crippen molar-refractivity contribution in [3.05, 3.63) is 0 Å². The number of hydrogen-bond donors (Lipinski definition) is 0. The average Bonchev–Trinajstić information content (AvgIpc) is 2.53. The lowest BCUT2D eigenvalue weighted by Crippen LogP contribution is -2.50. The highest BCUT2D eigenvalue weighted by Crippen LogP contribution is 2.60. The van der Waals surface area contributed by atoms with Gasteiger partial charge in [0.25, 0.3) is 0 Å². The third kappa shape index (κ3) is 4.84. The Labute approximate surface area is 160 Å². The van der Waals surface area contributed by atoms with Crippen LogP contribution in [0.15, 0.2) is 0 Å². The first-order chi connectivity index (χ1) is 11.6. The minimum Gasteiger partial charge on any atom is -0.0656 e. The van der Waals surface area contributed by atoms with E-state index >= 15 is 0 Å². The van der Waals surface area contributed by atoms with Crippen LogP contribution in [0.25, 0.3) is 0 Å². The van der Waals surface area contributed by atoms with E-state index in [1.54, 1.807) is 0 Å². The summed E-state index contributed by atoms with van der Waals surface area (Å²) in [4.78, 5) is 0. The van der Waals surface area contributed by atoms with E-state index in [9.17, 15) is 0 Å². The van der Waals surface area contributed by atoms with Crippen molar-refractivity contribution in [1.29, 1.82) is 0 Å². The third-order valence-electron chi connectivity index (χ3n) is 8.34. The zero-order valence-corrected chi connectivity index (χ0v) is 19.4. The fourth-order valence-corrected chi connectivity index (χ4v) is 6.73. The second kappa shape index (κ2) is 9.27. The van der Waals surface area contributed by atoms with Crippen LogP contribution in [0.5, 0.6) is 0 Å². The van der Waals surface area contributed by atoms with Gasteiger partial charge in [-0.1, -0.05) is 88.5 Å². The van der Waals surface area contributed by atoms with E-state index in [1.807, 2.05) is 0 Å². The second-order valence-electron chi connectivity index (χ2n) is 10.8. The predicted octanol–water partition coefficient (Wildman–Crippen LogP) is 8.60. The van der Waals surface area contributed by atoms with E-state index in [1.165, 1.54) is 44.9 Å². The molecule has 0 spiro atoms. The summed E-state index contributed by atoms with van der Waals surface area (Å²) in [7, 11) is 0. The van der Waals surface area contributed by atoms with Crippen LogP contribution in [0.1, 0.15) is 114 Å². The van der Waals surface area contributed by atoms with Gasteiger partial charge in [-0.15, -0.1) is 0 Å². The van der Waals surface area contributed by atoms with Crippen LogP contribution in [0.4, 0.5) is 0 Å². The molecule has 2 fully saturated rings. The molecule has 25 heavy (non-hydrogen) atoms. The molecule has 0 saturated heterocycles. The van der Waals surface area contributed by atoms with Crippen LogP contribution in [-0.4, -0.2) is 0 Å². The molecule has 150 valence electrons. The van der Waals surface area contributed by atoms with Crippen molar-refractivity contribution in [3.8, 4) is 0 Å². The Kier molecular flexibility index (Phi) is 8.55. The van der Waals surface area contributed by atoms with E-state index in [0.29, 0.717) is 10.8 Å². The zero-order valence-electron chi connectivity index (χ0n) is 19.4. The van der Waals surface area contributed by atoms with Crippen LogP contribution in [-0.2, 0) is 0 Å². The van der Waals surface area contributed by atoms with Gasteiger partial charge in [0.15, 0.2) is 0 Å². The monoisotopic (exact) mass is 350 g/mol. The summed E-state index contributed by atoms with van der Waals surface area (Å²) in [5.74, 6) is 5.71. The Balaban J connectivity index is 0.000000970. The molecular formula is C25H50. The summed E-state index contributed by atoms with van der Waals surface area (Å²) in [6.45, 7) is 24.3. The van der Waals surface area contributed by atoms with Gasteiger partial charge in [-0.3, -0.25) is 0 Å². The van der Waals surface area contributed by atoms with Crippen molar-refractivity contribution in [3.63, 3.8) is 0 Å². The van der Waals surface area contributed by atoms with E-state index < -0.39 is 0 Å². The molecule has 0 nitrogen and oxygen atoms in total. The highest BCUT2D eigenvalue weighted by molar-refractivity contribution is 5.01. The molecule has 0 aromatic rings. The first-order valence-electron chi connectivity index (χ1n) is 11.6. The lowest BCUT2D eigenvalue weighted by Gasteiger charge is -2.58. The number of rotatable bonds is 3. The summed E-state index contributed by atoms with van der Waals surface area (Å²) < 4.78 is 0. The Morgan fingerprint density at radius 2 is 1.52 bits per heavy atom. The van der Waals surface area contributed by atoms with Gasteiger partial charge in [0, 0.05) is 0 Å². The summed E-state index contributed by atoms with van der Waals surface area (Å²) in [6, 6.07) is 0. The highest BCUT2D eigenvalue weighted by atomic mass is 14.6. The Morgan fingerprint density at radius 3 is 1.96 bits per heavy atom. The molecule has 0 bridgehead atoms. The quantitative estimate of drug-likeness (QED) is 0.478. The van der Waals surface area contributed by atoms with Crippen molar-refractivity contribution >= 4 is 0 Å². The molecule has 0 radical (unpaired) electrons. The first kappa shape index (κ1) is 23.0. The fraction of sp³-hybridized carbons (Fsp3) is 1.00. The van der Waals surface area contributed by atoms with E-state index in [-0.39, 0.29) is 0 Å². The van der Waals surface area contributed by atoms with Crippen LogP contribution >= 0.6 is 0 Å². The maximum Gasteiger partial charge on any atom is -0.0269 e. The molecule has 7 unspecified atom stereocenters. The summed E-state index contributed by atoms with van der Waals surface area (Å²) >= 11 is 0. The van der Waals surface area contributed by atoms with Crippen LogP contribution < -0.4 is 0 Å². The van der Waals surface area contributed by atoms with Gasteiger partial charge in [-0.05, 0) is 72.0 Å². The Hall–Kier alpha value is 0. The largest absolute Gasteiger partial charge is 0.0656 e. The van der Waals surface area contributed by atoms with Crippen LogP contribution in [0.3, 0.4) is 0 Å². The molecule has 2 aliphatic rings. The molecule has 0 heterocycles. The third-order valence-corrected chi connectivity index (χ3v) is 8.34. The smallest absolute Gasteiger partial charge is 0.0269 e. The molecule has 0 aromatic carbocycles. The zero-order chi connectivity index (χ0) is 19.4. The van der Waals surface area contributed by atoms with Crippen molar-refractivity contribution < 1.29 is 0 Å². The van der Waals surface area contributed by atoms with Crippen molar-refractivity contribution in [2.75, 3.05) is 0 Å². The average molecular weight is 351 g/mol. The van der Waals surface area contributed by atoms with Gasteiger partial charge < -0.3 is 0 Å². The Morgan fingerprint density at radius 1 is 0.960 bits per heavy atom. The topological polar surface area (TPSA) is 0 Å². The molecular weight excluding hydrogens is 300 g/mol. The second-order valence-corrected chi connectivity index (χ2v) is 10.8. The SMILES string of the molecule is CCC.CCC(C)C1(C)CCC2C(C)C(C(C)(C)C)CCC2C1CC. The van der Waals surface area contributed by atoms with Crippen LogP contribution in [0, 0.1) is 46.3 Å². The van der Waals surface area contributed by atoms with Gasteiger partial charge in [0.1, 0.15) is 0 Å². The standard InChI is InChI=1S/C22H42.C3H8/c1-9-15(3)22(8)14-13-17-16(4)20(21(5,6)7)12-11-18(17)19(22)10-2;1-3-2/h15-20H,9-14H2,1-8H3;3H2,1-2H3. The van der Waals surface area contributed by atoms with E-state index in [2.05, 4.69) is 69.2 Å². The number of fused-ring (bicyclic) bond motifs is 1. The summed E-state index contributed by atoms with van der Waals surface area (Å²) in [5, 5.41) is 0. The fourth-order valence-electron chi connectivity index (χ4n) is 6.73. The summed E-state index contributed by atoms with van der Waals surface area (Å²) in [5.41, 5.74) is 1.09. The van der Waals surface area contributed by atoms with Gasteiger partial charge >= 0.3 is 0 Å². The highest BCUT2D eigenvalue weighted by Gasteiger charge is 2.52. The maximum absolute atomic E-state index is 2.63. The lowest BCUT2D eigenvalue weighted by atomic mass is 9.47. The molecule has 2 rings (SSSR count). The molecule has 0 heteroatoms. The minimum atomic E-state index is 0.490. The lowest BCUT2D eigenvalue weighted by molar-refractivity contribution is -0.0886. The van der Waals surface area contributed by atoms with E-state index in [4.69, 9.17) is 0 Å². The minimum absolute atomic E-state index is 0.490. The molecule has 2 aliphatic carbocycles. The van der Waals surface area contributed by atoms with Gasteiger partial charge in [0.2, 0.25) is 0 Å². The molecule has 0 amide bonds. The predicted molar refractivity (Wildman–Crippen MR) is 115 cm³/mol. The van der Waals surface area contributed by atoms with E-state index in [0.717, 1.165) is 35.5 Å². The van der Waals surface area contributed by atoms with Crippen molar-refractivity contribution in [2.24, 2.45) is 46.3 Å². The maximum atomic E-state index is 2.63. The molecule has 7 atom stereocenters. The van der Waals surface area contributed by atoms with Crippen LogP contribution in [0.2, 0.25) is 0 Å². The van der Waals surface area contributed by atoms with Gasteiger partial charge in [-0.2, -0.15) is 0 Å². The molecule has 0 aliphatic heterocycles. The Bertz CT molecular complexity index is 376. The van der Waals surface area contributed by atoms with Crippen molar-refractivity contribution in [1.82, 2.24) is 0 Å². The normalized spacial score (nSPS) is 39.8.